The Bertz CT molecular complexity index is 312. The van der Waals surface area contributed by atoms with Gasteiger partial charge in [-0.05, 0) is 40.5 Å². The van der Waals surface area contributed by atoms with E-state index in [9.17, 15) is 9.59 Å². The third-order valence-corrected chi connectivity index (χ3v) is 2.50. The summed E-state index contributed by atoms with van der Waals surface area (Å²) in [4.78, 5) is 30.0. The molecule has 1 heterocycles. The van der Waals surface area contributed by atoms with Crippen LogP contribution in [0.3, 0.4) is 0 Å². The smallest absolute Gasteiger partial charge is 0.410 e. The van der Waals surface area contributed by atoms with Crippen molar-refractivity contribution in [3.63, 3.8) is 0 Å². The van der Waals surface area contributed by atoms with E-state index in [2.05, 4.69) is 5.48 Å². The molecule has 18 heavy (non-hydrogen) atoms. The molecule has 0 radical (unpaired) electrons. The second-order valence-electron chi connectivity index (χ2n) is 5.23. The maximum atomic E-state index is 11.9. The van der Waals surface area contributed by atoms with Gasteiger partial charge >= 0.3 is 6.09 Å². The average Bonchev–Trinajstić information content (AvgIpc) is 2.72. The lowest BCUT2D eigenvalue weighted by molar-refractivity contribution is -0.137. The minimum Gasteiger partial charge on any atom is -0.444 e. The fourth-order valence-electron chi connectivity index (χ4n) is 1.79. The summed E-state index contributed by atoms with van der Waals surface area (Å²) in [5.74, 6) is -0.291. The lowest BCUT2D eigenvalue weighted by atomic mass is 10.2. The molecule has 0 aromatic rings. The summed E-state index contributed by atoms with van der Waals surface area (Å²) in [6.45, 7) is 8.12. The summed E-state index contributed by atoms with van der Waals surface area (Å²) >= 11 is 0. The zero-order valence-corrected chi connectivity index (χ0v) is 11.5. The van der Waals surface area contributed by atoms with Crippen LogP contribution in [0.5, 0.6) is 0 Å². The van der Waals surface area contributed by atoms with Gasteiger partial charge in [-0.3, -0.25) is 14.5 Å². The number of likely N-dealkylation sites (tertiary alicyclic amines) is 1. The predicted molar refractivity (Wildman–Crippen MR) is 65.7 cm³/mol. The van der Waals surface area contributed by atoms with Crippen LogP contribution >= 0.6 is 0 Å². The van der Waals surface area contributed by atoms with Crippen LogP contribution in [0.4, 0.5) is 4.79 Å². The van der Waals surface area contributed by atoms with Crippen molar-refractivity contribution in [3.8, 4) is 0 Å². The van der Waals surface area contributed by atoms with Crippen LogP contribution in [0.25, 0.3) is 0 Å². The van der Waals surface area contributed by atoms with Gasteiger partial charge in [0.15, 0.2) is 0 Å². The Kier molecular flexibility index (Phi) is 4.95. The van der Waals surface area contributed by atoms with Crippen molar-refractivity contribution >= 4 is 12.0 Å². The minimum atomic E-state index is -0.555. The van der Waals surface area contributed by atoms with E-state index in [1.165, 1.54) is 4.90 Å². The Morgan fingerprint density at radius 1 is 1.39 bits per heavy atom. The van der Waals surface area contributed by atoms with Gasteiger partial charge in [0, 0.05) is 6.54 Å². The highest BCUT2D eigenvalue weighted by molar-refractivity contribution is 5.85. The molecule has 0 aliphatic carbocycles. The molecule has 1 rings (SSSR count). The summed E-state index contributed by atoms with van der Waals surface area (Å²) in [5, 5.41) is 0. The normalized spacial score (nSPS) is 19.8. The lowest BCUT2D eigenvalue weighted by Crippen LogP contribution is -2.47. The standard InChI is InChI=1S/C12H22N2O4/c1-5-17-13-10(15)9-7-6-8-14(9)11(16)18-12(2,3)4/h9H,5-8H2,1-4H3,(H,13,15)/t9-/m0/s1. The zero-order valence-electron chi connectivity index (χ0n) is 11.5. The van der Waals surface area contributed by atoms with E-state index in [-0.39, 0.29) is 5.91 Å². The number of carbonyl (C=O) groups excluding carboxylic acids is 2. The molecular formula is C12H22N2O4. The van der Waals surface area contributed by atoms with Crippen molar-refractivity contribution in [2.45, 2.75) is 52.2 Å². The third kappa shape index (κ3) is 4.18. The minimum absolute atomic E-state index is 0.291. The monoisotopic (exact) mass is 258 g/mol. The molecule has 2 amide bonds. The van der Waals surface area contributed by atoms with E-state index in [1.54, 1.807) is 27.7 Å². The molecule has 0 spiro atoms. The number of nitrogens with one attached hydrogen (secondary N) is 1. The number of hydrogen-bond acceptors (Lipinski definition) is 4. The predicted octanol–water partition coefficient (Wildman–Crippen LogP) is 1.45. The molecule has 6 heteroatoms. The SMILES string of the molecule is CCONC(=O)[C@@H]1CCCN1C(=O)OC(C)(C)C. The Balaban J connectivity index is 2.59. The summed E-state index contributed by atoms with van der Waals surface area (Å²) in [6.07, 6.45) is 0.985. The largest absolute Gasteiger partial charge is 0.444 e. The summed E-state index contributed by atoms with van der Waals surface area (Å²) in [7, 11) is 0. The van der Waals surface area contributed by atoms with Gasteiger partial charge in [-0.2, -0.15) is 0 Å². The van der Waals surface area contributed by atoms with E-state index in [4.69, 9.17) is 9.57 Å². The summed E-state index contributed by atoms with van der Waals surface area (Å²) < 4.78 is 5.27. The fraction of sp³-hybridized carbons (Fsp3) is 0.833. The molecule has 1 aliphatic heterocycles. The highest BCUT2D eigenvalue weighted by Crippen LogP contribution is 2.20. The molecule has 1 saturated heterocycles. The van der Waals surface area contributed by atoms with Gasteiger partial charge in [0.1, 0.15) is 11.6 Å². The van der Waals surface area contributed by atoms with Crippen LogP contribution in [-0.2, 0) is 14.4 Å². The Labute approximate surface area is 108 Å². The van der Waals surface area contributed by atoms with Crippen LogP contribution in [0.2, 0.25) is 0 Å². The average molecular weight is 258 g/mol. The number of hydroxylamine groups is 1. The zero-order chi connectivity index (χ0) is 13.8. The molecule has 104 valence electrons. The molecule has 1 fully saturated rings. The molecule has 0 unspecified atom stereocenters. The number of nitrogens with zero attached hydrogens (tertiary/aromatic N) is 1. The van der Waals surface area contributed by atoms with Crippen LogP contribution in [0.1, 0.15) is 40.5 Å². The van der Waals surface area contributed by atoms with E-state index in [1.807, 2.05) is 0 Å². The van der Waals surface area contributed by atoms with Crippen molar-refractivity contribution in [1.82, 2.24) is 10.4 Å². The topological polar surface area (TPSA) is 67.9 Å². The fourth-order valence-corrected chi connectivity index (χ4v) is 1.79. The van der Waals surface area contributed by atoms with Gasteiger partial charge in [-0.25, -0.2) is 10.3 Å². The highest BCUT2D eigenvalue weighted by Gasteiger charge is 2.36. The lowest BCUT2D eigenvalue weighted by Gasteiger charge is -2.27. The van der Waals surface area contributed by atoms with Gasteiger partial charge in [0.05, 0.1) is 6.61 Å². The molecule has 0 aromatic carbocycles. The molecule has 1 N–H and O–H groups in total. The first kappa shape index (κ1) is 14.8. The van der Waals surface area contributed by atoms with Crippen molar-refractivity contribution in [3.05, 3.63) is 0 Å². The first-order chi connectivity index (χ1) is 8.35. The highest BCUT2D eigenvalue weighted by atomic mass is 16.6. The first-order valence-electron chi connectivity index (χ1n) is 6.26. The second-order valence-corrected chi connectivity index (χ2v) is 5.23. The quantitative estimate of drug-likeness (QED) is 0.778. The molecule has 0 bridgehead atoms. The van der Waals surface area contributed by atoms with Crippen molar-refractivity contribution in [2.75, 3.05) is 13.2 Å². The van der Waals surface area contributed by atoms with Crippen molar-refractivity contribution in [2.24, 2.45) is 0 Å². The summed E-state index contributed by atoms with van der Waals surface area (Å²) in [6, 6.07) is -0.494. The van der Waals surface area contributed by atoms with Crippen LogP contribution in [0, 0.1) is 0 Å². The van der Waals surface area contributed by atoms with E-state index >= 15 is 0 Å². The van der Waals surface area contributed by atoms with E-state index in [0.29, 0.717) is 19.6 Å². The molecular weight excluding hydrogens is 236 g/mol. The Morgan fingerprint density at radius 2 is 2.06 bits per heavy atom. The van der Waals surface area contributed by atoms with Crippen molar-refractivity contribution in [1.29, 1.82) is 0 Å². The first-order valence-corrected chi connectivity index (χ1v) is 6.26. The molecule has 1 atom stereocenters. The van der Waals surface area contributed by atoms with Gasteiger partial charge in [-0.1, -0.05) is 0 Å². The number of carbonyl (C=O) groups is 2. The molecule has 6 nitrogen and oxygen atoms in total. The van der Waals surface area contributed by atoms with Gasteiger partial charge in [-0.15, -0.1) is 0 Å². The van der Waals surface area contributed by atoms with E-state index in [0.717, 1.165) is 6.42 Å². The molecule has 0 saturated carbocycles. The van der Waals surface area contributed by atoms with Gasteiger partial charge < -0.3 is 4.74 Å². The van der Waals surface area contributed by atoms with Crippen LogP contribution < -0.4 is 5.48 Å². The molecule has 1 aliphatic rings. The maximum Gasteiger partial charge on any atom is 0.410 e. The maximum absolute atomic E-state index is 11.9. The van der Waals surface area contributed by atoms with E-state index < -0.39 is 17.7 Å². The number of rotatable bonds is 3. The van der Waals surface area contributed by atoms with Crippen LogP contribution in [0.15, 0.2) is 0 Å². The number of amides is 2. The van der Waals surface area contributed by atoms with Crippen LogP contribution in [-0.4, -0.2) is 41.7 Å². The van der Waals surface area contributed by atoms with Crippen molar-refractivity contribution < 1.29 is 19.2 Å². The third-order valence-electron chi connectivity index (χ3n) is 2.50. The Morgan fingerprint density at radius 3 is 2.61 bits per heavy atom. The second kappa shape index (κ2) is 6.04. The summed E-state index contributed by atoms with van der Waals surface area (Å²) in [5.41, 5.74) is 1.78. The van der Waals surface area contributed by atoms with Gasteiger partial charge in [0.2, 0.25) is 0 Å². The molecule has 0 aromatic heterocycles. The van der Waals surface area contributed by atoms with Gasteiger partial charge in [0.25, 0.3) is 5.91 Å². The number of hydrogen-bond donors (Lipinski definition) is 1. The number of ether oxygens (including phenoxy) is 1. The Hall–Kier alpha value is -1.30.